The van der Waals surface area contributed by atoms with E-state index in [4.69, 9.17) is 4.74 Å². The van der Waals surface area contributed by atoms with E-state index in [2.05, 4.69) is 0 Å². The van der Waals surface area contributed by atoms with Crippen LogP contribution in [0.25, 0.3) is 0 Å². The SMILES string of the molecule is CCOc1ccc(N(CCC(=O)N2CCCCC2)S(C)(=O)=O)cc1. The molecule has 7 heteroatoms. The van der Waals surface area contributed by atoms with Crippen LogP contribution in [0.3, 0.4) is 0 Å². The number of ether oxygens (including phenoxy) is 1. The van der Waals surface area contributed by atoms with E-state index in [1.165, 1.54) is 4.31 Å². The molecule has 1 heterocycles. The lowest BCUT2D eigenvalue weighted by molar-refractivity contribution is -0.131. The lowest BCUT2D eigenvalue weighted by Gasteiger charge is -2.28. The van der Waals surface area contributed by atoms with Crippen LogP contribution in [0.15, 0.2) is 24.3 Å². The molecular formula is C17H26N2O4S. The second-order valence-corrected chi connectivity index (χ2v) is 7.86. The summed E-state index contributed by atoms with van der Waals surface area (Å²) in [7, 11) is -3.45. The summed E-state index contributed by atoms with van der Waals surface area (Å²) in [4.78, 5) is 14.1. The van der Waals surface area contributed by atoms with Gasteiger partial charge in [-0.25, -0.2) is 8.42 Å². The van der Waals surface area contributed by atoms with Crippen LogP contribution in [0.2, 0.25) is 0 Å². The first-order valence-electron chi connectivity index (χ1n) is 8.40. The minimum Gasteiger partial charge on any atom is -0.494 e. The zero-order valence-corrected chi connectivity index (χ0v) is 15.2. The number of benzene rings is 1. The van der Waals surface area contributed by atoms with Crippen LogP contribution in [-0.2, 0) is 14.8 Å². The molecule has 1 aromatic rings. The van der Waals surface area contributed by atoms with Crippen molar-refractivity contribution in [1.29, 1.82) is 0 Å². The van der Waals surface area contributed by atoms with Crippen LogP contribution >= 0.6 is 0 Å². The number of carbonyl (C=O) groups excluding carboxylic acids is 1. The summed E-state index contributed by atoms with van der Waals surface area (Å²) < 4.78 is 30.9. The normalized spacial score (nSPS) is 15.2. The van der Waals surface area contributed by atoms with Gasteiger partial charge in [0.2, 0.25) is 15.9 Å². The van der Waals surface area contributed by atoms with E-state index in [0.717, 1.165) is 38.6 Å². The number of hydrogen-bond donors (Lipinski definition) is 0. The Labute approximate surface area is 144 Å². The van der Waals surface area contributed by atoms with Gasteiger partial charge in [0, 0.05) is 26.1 Å². The van der Waals surface area contributed by atoms with E-state index >= 15 is 0 Å². The van der Waals surface area contributed by atoms with E-state index < -0.39 is 10.0 Å². The first kappa shape index (κ1) is 18.6. The highest BCUT2D eigenvalue weighted by Crippen LogP contribution is 2.22. The molecule has 0 bridgehead atoms. The summed E-state index contributed by atoms with van der Waals surface area (Å²) in [5, 5.41) is 0. The molecule has 0 aliphatic carbocycles. The second-order valence-electron chi connectivity index (χ2n) is 5.95. The first-order chi connectivity index (χ1) is 11.4. The van der Waals surface area contributed by atoms with Gasteiger partial charge in [-0.05, 0) is 50.5 Å². The predicted molar refractivity (Wildman–Crippen MR) is 94.8 cm³/mol. The van der Waals surface area contributed by atoms with Crippen molar-refractivity contribution in [2.24, 2.45) is 0 Å². The molecule has 1 amide bonds. The van der Waals surface area contributed by atoms with E-state index in [0.29, 0.717) is 18.0 Å². The molecule has 0 radical (unpaired) electrons. The molecule has 1 aliphatic heterocycles. The molecule has 6 nitrogen and oxygen atoms in total. The zero-order chi connectivity index (χ0) is 17.6. The zero-order valence-electron chi connectivity index (χ0n) is 14.4. The highest BCUT2D eigenvalue weighted by atomic mass is 32.2. The van der Waals surface area contributed by atoms with Gasteiger partial charge < -0.3 is 9.64 Å². The summed E-state index contributed by atoms with van der Waals surface area (Å²) in [6.45, 7) is 4.16. The number of likely N-dealkylation sites (tertiary alicyclic amines) is 1. The fourth-order valence-corrected chi connectivity index (χ4v) is 3.79. The van der Waals surface area contributed by atoms with Crippen LogP contribution in [0.1, 0.15) is 32.6 Å². The Balaban J connectivity index is 2.04. The third-order valence-electron chi connectivity index (χ3n) is 4.07. The molecule has 1 aliphatic rings. The van der Waals surface area contributed by atoms with Gasteiger partial charge in [0.1, 0.15) is 5.75 Å². The van der Waals surface area contributed by atoms with Crippen LogP contribution < -0.4 is 9.04 Å². The maximum atomic E-state index is 12.3. The lowest BCUT2D eigenvalue weighted by Crippen LogP contribution is -2.39. The molecule has 0 saturated carbocycles. The molecule has 2 rings (SSSR count). The maximum absolute atomic E-state index is 12.3. The number of carbonyl (C=O) groups is 1. The average molecular weight is 354 g/mol. The molecule has 0 atom stereocenters. The summed E-state index contributed by atoms with van der Waals surface area (Å²) in [6.07, 6.45) is 4.57. The third kappa shape index (κ3) is 5.12. The molecular weight excluding hydrogens is 328 g/mol. The van der Waals surface area contributed by atoms with E-state index in [1.54, 1.807) is 24.3 Å². The third-order valence-corrected chi connectivity index (χ3v) is 5.27. The second kappa shape index (κ2) is 8.37. The molecule has 24 heavy (non-hydrogen) atoms. The molecule has 0 aromatic heterocycles. The van der Waals surface area contributed by atoms with Crippen molar-refractivity contribution in [2.45, 2.75) is 32.6 Å². The minimum absolute atomic E-state index is 0.0225. The monoisotopic (exact) mass is 354 g/mol. The Hall–Kier alpha value is -1.76. The summed E-state index contributed by atoms with van der Waals surface area (Å²) in [6, 6.07) is 6.89. The average Bonchev–Trinajstić information content (AvgIpc) is 2.56. The molecule has 1 aromatic carbocycles. The van der Waals surface area contributed by atoms with Gasteiger partial charge in [0.05, 0.1) is 18.6 Å². The fraction of sp³-hybridized carbons (Fsp3) is 0.588. The number of anilines is 1. The van der Waals surface area contributed by atoms with Crippen molar-refractivity contribution < 1.29 is 17.9 Å². The van der Waals surface area contributed by atoms with Crippen molar-refractivity contribution in [3.63, 3.8) is 0 Å². The smallest absolute Gasteiger partial charge is 0.232 e. The number of nitrogens with zero attached hydrogens (tertiary/aromatic N) is 2. The fourth-order valence-electron chi connectivity index (χ4n) is 2.86. The minimum atomic E-state index is -3.45. The molecule has 0 spiro atoms. The van der Waals surface area contributed by atoms with E-state index in [1.807, 2.05) is 11.8 Å². The lowest BCUT2D eigenvalue weighted by atomic mass is 10.1. The quantitative estimate of drug-likeness (QED) is 0.753. The van der Waals surface area contributed by atoms with Crippen molar-refractivity contribution in [3.05, 3.63) is 24.3 Å². The number of hydrogen-bond acceptors (Lipinski definition) is 4. The Morgan fingerprint density at radius 3 is 2.33 bits per heavy atom. The van der Waals surface area contributed by atoms with Crippen molar-refractivity contribution in [2.75, 3.05) is 36.8 Å². The summed E-state index contributed by atoms with van der Waals surface area (Å²) in [5.41, 5.74) is 0.549. The molecule has 0 unspecified atom stereocenters. The largest absolute Gasteiger partial charge is 0.494 e. The standard InChI is InChI=1S/C17H26N2O4S/c1-3-23-16-9-7-15(8-10-16)19(24(2,21)22)14-11-17(20)18-12-5-4-6-13-18/h7-10H,3-6,11-14H2,1-2H3. The number of sulfonamides is 1. The van der Waals surface area contributed by atoms with Crippen LogP contribution in [-0.4, -0.2) is 51.7 Å². The summed E-state index contributed by atoms with van der Waals surface area (Å²) >= 11 is 0. The summed E-state index contributed by atoms with van der Waals surface area (Å²) in [5.74, 6) is 0.716. The van der Waals surface area contributed by atoms with Gasteiger partial charge in [-0.3, -0.25) is 9.10 Å². The van der Waals surface area contributed by atoms with Gasteiger partial charge in [-0.2, -0.15) is 0 Å². The molecule has 1 saturated heterocycles. The topological polar surface area (TPSA) is 66.9 Å². The highest BCUT2D eigenvalue weighted by Gasteiger charge is 2.21. The van der Waals surface area contributed by atoms with Crippen LogP contribution in [0.5, 0.6) is 5.75 Å². The van der Waals surface area contributed by atoms with Gasteiger partial charge in [0.15, 0.2) is 0 Å². The molecule has 1 fully saturated rings. The molecule has 0 N–H and O–H groups in total. The Morgan fingerprint density at radius 1 is 1.17 bits per heavy atom. The van der Waals surface area contributed by atoms with E-state index in [9.17, 15) is 13.2 Å². The van der Waals surface area contributed by atoms with Crippen LogP contribution in [0.4, 0.5) is 5.69 Å². The number of amides is 1. The number of rotatable bonds is 7. The number of piperidine rings is 1. The highest BCUT2D eigenvalue weighted by molar-refractivity contribution is 7.92. The first-order valence-corrected chi connectivity index (χ1v) is 10.2. The molecule has 134 valence electrons. The van der Waals surface area contributed by atoms with Gasteiger partial charge in [-0.15, -0.1) is 0 Å². The van der Waals surface area contributed by atoms with Crippen molar-refractivity contribution in [1.82, 2.24) is 4.90 Å². The predicted octanol–water partition coefficient (Wildman–Crippen LogP) is 2.25. The van der Waals surface area contributed by atoms with Gasteiger partial charge >= 0.3 is 0 Å². The Bertz CT molecular complexity index is 637. The van der Waals surface area contributed by atoms with Crippen molar-refractivity contribution in [3.8, 4) is 5.75 Å². The van der Waals surface area contributed by atoms with Gasteiger partial charge in [-0.1, -0.05) is 0 Å². The van der Waals surface area contributed by atoms with Crippen LogP contribution in [0, 0.1) is 0 Å². The Morgan fingerprint density at radius 2 is 1.79 bits per heavy atom. The van der Waals surface area contributed by atoms with Crippen molar-refractivity contribution >= 4 is 21.6 Å². The maximum Gasteiger partial charge on any atom is 0.232 e. The van der Waals surface area contributed by atoms with E-state index in [-0.39, 0.29) is 18.9 Å². The Kier molecular flexibility index (Phi) is 6.48. The van der Waals surface area contributed by atoms with Gasteiger partial charge in [0.25, 0.3) is 0 Å².